The van der Waals surface area contributed by atoms with E-state index in [1.165, 1.54) is 36.4 Å². The highest BCUT2D eigenvalue weighted by Crippen LogP contribution is 2.33. The number of anilines is 1. The Balaban J connectivity index is 2.08. The third kappa shape index (κ3) is 3.92. The summed E-state index contributed by atoms with van der Waals surface area (Å²) in [5, 5.41) is 3.60. The van der Waals surface area contributed by atoms with Crippen LogP contribution in [0.5, 0.6) is 0 Å². The van der Waals surface area contributed by atoms with Crippen LogP contribution in [-0.2, 0) is 17.4 Å². The Bertz CT molecular complexity index is 938. The lowest BCUT2D eigenvalue weighted by Gasteiger charge is -2.11. The molecular formula is C16H10F4N3O2S-. The molecule has 5 nitrogen and oxygen atoms in total. The van der Waals surface area contributed by atoms with E-state index >= 15 is 0 Å². The Morgan fingerprint density at radius 3 is 2.19 bits per heavy atom. The summed E-state index contributed by atoms with van der Waals surface area (Å²) in [4.78, 5) is 0. The Labute approximate surface area is 147 Å². The van der Waals surface area contributed by atoms with Gasteiger partial charge in [0.05, 0.1) is 11.4 Å². The standard InChI is InChI=1S/C16H11F4N3O2S/c17-11-3-1-10(2-4-11)14-9-15(16(18,19)20)21-23(14)13-7-5-12(6-8-13)22-26(24)25/h1-9,22H,(H,24,25)/p-1. The van der Waals surface area contributed by atoms with Crippen molar-refractivity contribution in [2.24, 2.45) is 0 Å². The maximum atomic E-state index is 13.1. The number of nitrogens with zero attached hydrogens (tertiary/aromatic N) is 2. The zero-order valence-corrected chi connectivity index (χ0v) is 13.6. The van der Waals surface area contributed by atoms with Gasteiger partial charge in [-0.3, -0.25) is 4.21 Å². The normalized spacial score (nSPS) is 12.8. The molecule has 0 fully saturated rings. The Hall–Kier alpha value is -2.72. The van der Waals surface area contributed by atoms with Crippen molar-refractivity contribution in [2.75, 3.05) is 4.72 Å². The molecule has 1 unspecified atom stereocenters. The van der Waals surface area contributed by atoms with E-state index in [9.17, 15) is 26.3 Å². The molecule has 0 aliphatic heterocycles. The molecule has 3 rings (SSSR count). The third-order valence-corrected chi connectivity index (χ3v) is 3.86. The van der Waals surface area contributed by atoms with Gasteiger partial charge in [0.2, 0.25) is 0 Å². The van der Waals surface area contributed by atoms with E-state index in [0.717, 1.165) is 22.9 Å². The molecule has 1 heterocycles. The van der Waals surface area contributed by atoms with Crippen molar-refractivity contribution in [3.05, 3.63) is 66.1 Å². The number of hydrogen-bond acceptors (Lipinski definition) is 3. The second-order valence-corrected chi connectivity index (χ2v) is 5.89. The van der Waals surface area contributed by atoms with E-state index in [0.29, 0.717) is 5.56 Å². The molecule has 0 bridgehead atoms. The number of benzene rings is 2. The molecule has 0 saturated heterocycles. The highest BCUT2D eigenvalue weighted by molar-refractivity contribution is 7.80. The van der Waals surface area contributed by atoms with Gasteiger partial charge in [-0.1, -0.05) is 0 Å². The molecule has 10 heteroatoms. The van der Waals surface area contributed by atoms with Crippen molar-refractivity contribution in [3.63, 3.8) is 0 Å². The predicted molar refractivity (Wildman–Crippen MR) is 86.5 cm³/mol. The molecule has 26 heavy (non-hydrogen) atoms. The van der Waals surface area contributed by atoms with Crippen molar-refractivity contribution in [2.45, 2.75) is 6.18 Å². The van der Waals surface area contributed by atoms with Crippen LogP contribution in [-0.4, -0.2) is 18.5 Å². The van der Waals surface area contributed by atoms with E-state index in [1.54, 1.807) is 0 Å². The summed E-state index contributed by atoms with van der Waals surface area (Å²) in [6.07, 6.45) is -4.65. The summed E-state index contributed by atoms with van der Waals surface area (Å²) in [7, 11) is 0. The van der Waals surface area contributed by atoms with Crippen molar-refractivity contribution in [1.82, 2.24) is 9.78 Å². The number of halogens is 4. The van der Waals surface area contributed by atoms with Gasteiger partial charge in [-0.2, -0.15) is 18.3 Å². The maximum Gasteiger partial charge on any atom is 0.435 e. The van der Waals surface area contributed by atoms with Crippen LogP contribution in [0.1, 0.15) is 5.69 Å². The number of alkyl halides is 3. The predicted octanol–water partition coefficient (Wildman–Crippen LogP) is 3.90. The summed E-state index contributed by atoms with van der Waals surface area (Å²) >= 11 is -2.52. The van der Waals surface area contributed by atoms with Gasteiger partial charge in [-0.25, -0.2) is 9.07 Å². The molecule has 0 aliphatic rings. The summed E-state index contributed by atoms with van der Waals surface area (Å²) in [6.45, 7) is 0. The van der Waals surface area contributed by atoms with E-state index in [2.05, 4.69) is 9.82 Å². The van der Waals surface area contributed by atoms with Crippen LogP contribution in [0.25, 0.3) is 16.9 Å². The Kier molecular flexibility index (Phi) is 4.79. The molecule has 1 atom stereocenters. The van der Waals surface area contributed by atoms with Crippen molar-refractivity contribution < 1.29 is 26.3 Å². The topological polar surface area (TPSA) is 70.0 Å². The first-order valence-electron chi connectivity index (χ1n) is 7.13. The fourth-order valence-electron chi connectivity index (χ4n) is 2.31. The zero-order valence-electron chi connectivity index (χ0n) is 12.8. The molecule has 0 aliphatic carbocycles. The molecule has 0 amide bonds. The van der Waals surface area contributed by atoms with Gasteiger partial charge in [0.1, 0.15) is 5.82 Å². The quantitative estimate of drug-likeness (QED) is 0.548. The highest BCUT2D eigenvalue weighted by atomic mass is 32.2. The first kappa shape index (κ1) is 18.1. The van der Waals surface area contributed by atoms with Gasteiger partial charge in [-0.05, 0) is 54.6 Å². The first-order valence-corrected chi connectivity index (χ1v) is 8.21. The Morgan fingerprint density at radius 2 is 1.65 bits per heavy atom. The van der Waals surface area contributed by atoms with Crippen LogP contribution >= 0.6 is 0 Å². The smallest absolute Gasteiger partial charge is 0.435 e. The van der Waals surface area contributed by atoms with Crippen LogP contribution in [0.15, 0.2) is 54.6 Å². The molecule has 3 aromatic rings. The average molecular weight is 384 g/mol. The molecule has 0 saturated carbocycles. The third-order valence-electron chi connectivity index (χ3n) is 3.45. The van der Waals surface area contributed by atoms with E-state index < -0.39 is 29.0 Å². The minimum absolute atomic E-state index is 0.116. The molecule has 2 aromatic carbocycles. The summed E-state index contributed by atoms with van der Waals surface area (Å²) in [5.74, 6) is -0.517. The van der Waals surface area contributed by atoms with Crippen LogP contribution < -0.4 is 4.72 Å². The van der Waals surface area contributed by atoms with Crippen LogP contribution in [0.3, 0.4) is 0 Å². The van der Waals surface area contributed by atoms with Gasteiger partial charge in [0.25, 0.3) is 0 Å². The summed E-state index contributed by atoms with van der Waals surface area (Å²) in [5.41, 5.74) is -0.113. The molecule has 136 valence electrons. The van der Waals surface area contributed by atoms with Crippen molar-refractivity contribution >= 4 is 17.0 Å². The number of nitrogens with one attached hydrogen (secondary N) is 1. The minimum Gasteiger partial charge on any atom is -0.755 e. The molecule has 0 spiro atoms. The van der Waals surface area contributed by atoms with E-state index in [-0.39, 0.29) is 17.1 Å². The van der Waals surface area contributed by atoms with Crippen molar-refractivity contribution in [1.29, 1.82) is 0 Å². The second kappa shape index (κ2) is 6.89. The van der Waals surface area contributed by atoms with Crippen molar-refractivity contribution in [3.8, 4) is 16.9 Å². The molecule has 1 aromatic heterocycles. The number of rotatable bonds is 4. The zero-order chi connectivity index (χ0) is 18.9. The van der Waals surface area contributed by atoms with Gasteiger partial charge < -0.3 is 9.27 Å². The second-order valence-electron chi connectivity index (χ2n) is 5.21. The van der Waals surface area contributed by atoms with Crippen LogP contribution in [0.2, 0.25) is 0 Å². The lowest BCUT2D eigenvalue weighted by Crippen LogP contribution is -2.07. The van der Waals surface area contributed by atoms with Gasteiger partial charge in [-0.15, -0.1) is 0 Å². The monoisotopic (exact) mass is 384 g/mol. The Morgan fingerprint density at radius 1 is 1.04 bits per heavy atom. The highest BCUT2D eigenvalue weighted by Gasteiger charge is 2.35. The number of hydrogen-bond donors (Lipinski definition) is 1. The molecule has 1 N–H and O–H groups in total. The first-order chi connectivity index (χ1) is 12.2. The number of aromatic nitrogens is 2. The van der Waals surface area contributed by atoms with Crippen LogP contribution in [0.4, 0.5) is 23.2 Å². The fraction of sp³-hybridized carbons (Fsp3) is 0.0625. The van der Waals surface area contributed by atoms with E-state index in [4.69, 9.17) is 0 Å². The van der Waals surface area contributed by atoms with E-state index in [1.807, 2.05) is 0 Å². The lowest BCUT2D eigenvalue weighted by atomic mass is 10.1. The SMILES string of the molecule is O=S([O-])Nc1ccc(-n2nc(C(F)(F)F)cc2-c2ccc(F)cc2)cc1. The molecule has 0 radical (unpaired) electrons. The summed E-state index contributed by atoms with van der Waals surface area (Å²) < 4.78 is 76.8. The fourth-order valence-corrected chi connectivity index (χ4v) is 2.64. The van der Waals surface area contributed by atoms with Gasteiger partial charge in [0, 0.05) is 22.5 Å². The average Bonchev–Trinajstić information content (AvgIpc) is 3.01. The van der Waals surface area contributed by atoms with Crippen LogP contribution in [0, 0.1) is 5.82 Å². The maximum absolute atomic E-state index is 13.1. The van der Waals surface area contributed by atoms with Gasteiger partial charge in [0.15, 0.2) is 5.69 Å². The minimum atomic E-state index is -4.65. The van der Waals surface area contributed by atoms with Gasteiger partial charge >= 0.3 is 6.18 Å². The molecular weight excluding hydrogens is 374 g/mol. The largest absolute Gasteiger partial charge is 0.755 e. The lowest BCUT2D eigenvalue weighted by molar-refractivity contribution is -0.141. The summed E-state index contributed by atoms with van der Waals surface area (Å²) in [6, 6.07) is 11.4.